The van der Waals surface area contributed by atoms with Crippen LogP contribution in [-0.4, -0.2) is 24.5 Å². The number of nitriles is 1. The third-order valence-electron chi connectivity index (χ3n) is 3.75. The van der Waals surface area contributed by atoms with Gasteiger partial charge in [0.2, 0.25) is 5.91 Å². The lowest BCUT2D eigenvalue weighted by atomic mass is 10.0. The summed E-state index contributed by atoms with van der Waals surface area (Å²) in [5.74, 6) is 0.574. The molecule has 5 nitrogen and oxygen atoms in total. The van der Waals surface area contributed by atoms with Gasteiger partial charge in [-0.2, -0.15) is 5.26 Å². The standard InChI is InChI=1S/C19H16N4O/c1-21-19(24)12-22-18-9-7-16-10-15(6-8-17(16)23-18)14-4-2-13(11-20)3-5-14/h2-10H,12H2,1H3,(H,21,24)(H,22,23). The van der Waals surface area contributed by atoms with Crippen LogP contribution in [0.5, 0.6) is 0 Å². The van der Waals surface area contributed by atoms with Gasteiger partial charge in [0.05, 0.1) is 23.7 Å². The predicted molar refractivity (Wildman–Crippen MR) is 94.5 cm³/mol. The van der Waals surface area contributed by atoms with E-state index < -0.39 is 0 Å². The fraction of sp³-hybridized carbons (Fsp3) is 0.105. The Kier molecular flexibility index (Phi) is 4.39. The highest BCUT2D eigenvalue weighted by Crippen LogP contribution is 2.25. The molecule has 0 bridgehead atoms. The second kappa shape index (κ2) is 6.80. The lowest BCUT2D eigenvalue weighted by Gasteiger charge is -2.07. The third kappa shape index (κ3) is 3.33. The number of anilines is 1. The zero-order valence-electron chi connectivity index (χ0n) is 13.2. The molecule has 0 atom stereocenters. The molecule has 0 aliphatic carbocycles. The molecule has 0 saturated carbocycles. The molecule has 3 aromatic rings. The smallest absolute Gasteiger partial charge is 0.239 e. The number of amides is 1. The van der Waals surface area contributed by atoms with Crippen LogP contribution in [-0.2, 0) is 4.79 Å². The minimum Gasteiger partial charge on any atom is -0.361 e. The fourth-order valence-corrected chi connectivity index (χ4v) is 2.40. The van der Waals surface area contributed by atoms with Crippen LogP contribution in [0, 0.1) is 11.3 Å². The number of rotatable bonds is 4. The van der Waals surface area contributed by atoms with Gasteiger partial charge in [-0.25, -0.2) is 4.98 Å². The van der Waals surface area contributed by atoms with Gasteiger partial charge in [0.25, 0.3) is 0 Å². The Balaban J connectivity index is 1.86. The number of pyridine rings is 1. The average Bonchev–Trinajstić information content (AvgIpc) is 2.65. The third-order valence-corrected chi connectivity index (χ3v) is 3.75. The van der Waals surface area contributed by atoms with Gasteiger partial charge in [-0.05, 0) is 47.5 Å². The largest absolute Gasteiger partial charge is 0.361 e. The summed E-state index contributed by atoms with van der Waals surface area (Å²) in [6.45, 7) is 0.193. The van der Waals surface area contributed by atoms with Crippen LogP contribution in [0.2, 0.25) is 0 Å². The van der Waals surface area contributed by atoms with E-state index in [4.69, 9.17) is 5.26 Å². The molecule has 1 heterocycles. The van der Waals surface area contributed by atoms with Gasteiger partial charge in [0.15, 0.2) is 0 Å². The Hall–Kier alpha value is -3.39. The number of hydrogen-bond donors (Lipinski definition) is 2. The molecular formula is C19H16N4O. The van der Waals surface area contributed by atoms with E-state index in [0.29, 0.717) is 11.4 Å². The lowest BCUT2D eigenvalue weighted by Crippen LogP contribution is -2.26. The summed E-state index contributed by atoms with van der Waals surface area (Å²) in [6, 6.07) is 19.5. The molecule has 3 rings (SSSR count). The van der Waals surface area contributed by atoms with Crippen molar-refractivity contribution in [2.24, 2.45) is 0 Å². The number of nitrogens with zero attached hydrogens (tertiary/aromatic N) is 2. The van der Waals surface area contributed by atoms with E-state index in [-0.39, 0.29) is 12.5 Å². The average molecular weight is 316 g/mol. The Morgan fingerprint density at radius 3 is 2.54 bits per heavy atom. The van der Waals surface area contributed by atoms with E-state index >= 15 is 0 Å². The van der Waals surface area contributed by atoms with Crippen molar-refractivity contribution in [2.75, 3.05) is 18.9 Å². The van der Waals surface area contributed by atoms with Crippen molar-refractivity contribution in [1.82, 2.24) is 10.3 Å². The van der Waals surface area contributed by atoms with E-state index in [1.807, 2.05) is 48.5 Å². The zero-order chi connectivity index (χ0) is 16.9. The number of benzene rings is 2. The maximum atomic E-state index is 11.3. The topological polar surface area (TPSA) is 77.8 Å². The van der Waals surface area contributed by atoms with Crippen molar-refractivity contribution in [3.63, 3.8) is 0 Å². The van der Waals surface area contributed by atoms with Gasteiger partial charge in [0.1, 0.15) is 5.82 Å². The van der Waals surface area contributed by atoms with Gasteiger partial charge in [-0.1, -0.05) is 18.2 Å². The molecular weight excluding hydrogens is 300 g/mol. The highest BCUT2D eigenvalue weighted by atomic mass is 16.1. The second-order valence-corrected chi connectivity index (χ2v) is 5.32. The molecule has 0 spiro atoms. The number of aromatic nitrogens is 1. The molecule has 0 radical (unpaired) electrons. The molecule has 24 heavy (non-hydrogen) atoms. The van der Waals surface area contributed by atoms with Crippen LogP contribution in [0.4, 0.5) is 5.82 Å². The van der Waals surface area contributed by atoms with E-state index in [1.54, 1.807) is 7.05 Å². The van der Waals surface area contributed by atoms with Gasteiger partial charge < -0.3 is 10.6 Å². The molecule has 0 saturated heterocycles. The summed E-state index contributed by atoms with van der Waals surface area (Å²) in [4.78, 5) is 15.8. The molecule has 1 amide bonds. The van der Waals surface area contributed by atoms with Gasteiger partial charge in [-0.15, -0.1) is 0 Å². The first kappa shape index (κ1) is 15.5. The summed E-state index contributed by atoms with van der Waals surface area (Å²) in [7, 11) is 1.60. The predicted octanol–water partition coefficient (Wildman–Crippen LogP) is 2.93. The molecule has 2 aromatic carbocycles. The summed E-state index contributed by atoms with van der Waals surface area (Å²) in [6.07, 6.45) is 0. The van der Waals surface area contributed by atoms with Crippen LogP contribution >= 0.6 is 0 Å². The summed E-state index contributed by atoms with van der Waals surface area (Å²) in [5, 5.41) is 15.4. The van der Waals surface area contributed by atoms with Crippen molar-refractivity contribution >= 4 is 22.6 Å². The molecule has 0 aliphatic heterocycles. The van der Waals surface area contributed by atoms with E-state index in [1.165, 1.54) is 0 Å². The quantitative estimate of drug-likeness (QED) is 0.776. The molecule has 0 aliphatic rings. The number of fused-ring (bicyclic) bond motifs is 1. The van der Waals surface area contributed by atoms with Gasteiger partial charge >= 0.3 is 0 Å². The van der Waals surface area contributed by atoms with E-state index in [2.05, 4.69) is 27.8 Å². The number of hydrogen-bond acceptors (Lipinski definition) is 4. The van der Waals surface area contributed by atoms with E-state index in [0.717, 1.165) is 22.0 Å². The van der Waals surface area contributed by atoms with Crippen LogP contribution in [0.1, 0.15) is 5.56 Å². The summed E-state index contributed by atoms with van der Waals surface area (Å²) in [5.41, 5.74) is 3.62. The van der Waals surface area contributed by atoms with Gasteiger partial charge in [0, 0.05) is 12.4 Å². The Morgan fingerprint density at radius 1 is 1.08 bits per heavy atom. The van der Waals surface area contributed by atoms with Crippen molar-refractivity contribution in [1.29, 1.82) is 5.26 Å². The zero-order valence-corrected chi connectivity index (χ0v) is 13.2. The maximum Gasteiger partial charge on any atom is 0.239 e. The second-order valence-electron chi connectivity index (χ2n) is 5.32. The first-order valence-electron chi connectivity index (χ1n) is 7.55. The first-order chi connectivity index (χ1) is 11.7. The van der Waals surface area contributed by atoms with Gasteiger partial charge in [-0.3, -0.25) is 4.79 Å². The van der Waals surface area contributed by atoms with Crippen LogP contribution in [0.15, 0.2) is 54.6 Å². The Morgan fingerprint density at radius 2 is 1.83 bits per heavy atom. The summed E-state index contributed by atoms with van der Waals surface area (Å²) < 4.78 is 0. The van der Waals surface area contributed by atoms with Crippen molar-refractivity contribution in [2.45, 2.75) is 0 Å². The minimum atomic E-state index is -0.0898. The number of carbonyl (C=O) groups is 1. The number of carbonyl (C=O) groups excluding carboxylic acids is 1. The molecule has 1 aromatic heterocycles. The van der Waals surface area contributed by atoms with Crippen molar-refractivity contribution in [3.05, 3.63) is 60.2 Å². The molecule has 0 fully saturated rings. The fourth-order valence-electron chi connectivity index (χ4n) is 2.40. The maximum absolute atomic E-state index is 11.3. The number of likely N-dealkylation sites (N-methyl/N-ethyl adjacent to an activating group) is 1. The minimum absolute atomic E-state index is 0.0898. The highest BCUT2D eigenvalue weighted by Gasteiger charge is 2.04. The Labute approximate surface area is 140 Å². The first-order valence-corrected chi connectivity index (χ1v) is 7.55. The normalized spacial score (nSPS) is 10.2. The molecule has 2 N–H and O–H groups in total. The van der Waals surface area contributed by atoms with Crippen LogP contribution in [0.3, 0.4) is 0 Å². The van der Waals surface area contributed by atoms with Crippen molar-refractivity contribution < 1.29 is 4.79 Å². The monoisotopic (exact) mass is 316 g/mol. The Bertz CT molecular complexity index is 926. The van der Waals surface area contributed by atoms with Crippen LogP contribution < -0.4 is 10.6 Å². The van der Waals surface area contributed by atoms with E-state index in [9.17, 15) is 4.79 Å². The summed E-state index contributed by atoms with van der Waals surface area (Å²) >= 11 is 0. The molecule has 118 valence electrons. The lowest BCUT2D eigenvalue weighted by molar-refractivity contribution is -0.118. The van der Waals surface area contributed by atoms with Crippen LogP contribution in [0.25, 0.3) is 22.0 Å². The SMILES string of the molecule is CNC(=O)CNc1ccc2cc(-c3ccc(C#N)cc3)ccc2n1. The molecule has 5 heteroatoms. The molecule has 0 unspecified atom stereocenters. The highest BCUT2D eigenvalue weighted by molar-refractivity contribution is 5.86. The van der Waals surface area contributed by atoms with Crippen molar-refractivity contribution in [3.8, 4) is 17.2 Å². The number of nitrogens with one attached hydrogen (secondary N) is 2.